The van der Waals surface area contributed by atoms with Crippen molar-refractivity contribution in [2.24, 2.45) is 0 Å². The highest BCUT2D eigenvalue weighted by atomic mass is 16.5. The van der Waals surface area contributed by atoms with Crippen LogP contribution in [0.3, 0.4) is 0 Å². The summed E-state index contributed by atoms with van der Waals surface area (Å²) in [6, 6.07) is 22.6. The predicted molar refractivity (Wildman–Crippen MR) is 183 cm³/mol. The number of nitrogens with zero attached hydrogens (tertiary/aromatic N) is 1. The van der Waals surface area contributed by atoms with Gasteiger partial charge in [-0.3, -0.25) is 19.2 Å². The van der Waals surface area contributed by atoms with E-state index in [1.165, 1.54) is 42.6 Å². The second-order valence-corrected chi connectivity index (χ2v) is 12.5. The molecule has 0 unspecified atom stereocenters. The van der Waals surface area contributed by atoms with E-state index in [-0.39, 0.29) is 50.6 Å². The van der Waals surface area contributed by atoms with E-state index in [1.54, 1.807) is 31.3 Å². The number of carbonyl (C=O) groups is 4. The summed E-state index contributed by atoms with van der Waals surface area (Å²) in [4.78, 5) is 55.0. The third-order valence-electron chi connectivity index (χ3n) is 9.02. The van der Waals surface area contributed by atoms with Crippen LogP contribution in [-0.4, -0.2) is 74.0 Å². The van der Waals surface area contributed by atoms with Gasteiger partial charge in [0, 0.05) is 19.9 Å². The zero-order valence-corrected chi connectivity index (χ0v) is 27.6. The molecule has 1 fully saturated rings. The van der Waals surface area contributed by atoms with Gasteiger partial charge >= 0.3 is 0 Å². The number of hydrogen-bond donors (Lipinski definition) is 3. The van der Waals surface area contributed by atoms with Gasteiger partial charge in [-0.25, -0.2) is 0 Å². The van der Waals surface area contributed by atoms with Gasteiger partial charge in [0.25, 0.3) is 5.91 Å². The third kappa shape index (κ3) is 9.82. The van der Waals surface area contributed by atoms with E-state index < -0.39 is 29.8 Å². The van der Waals surface area contributed by atoms with Crippen LogP contribution in [0.5, 0.6) is 11.5 Å². The van der Waals surface area contributed by atoms with Crippen molar-refractivity contribution in [1.29, 1.82) is 0 Å². The molecule has 0 aromatic heterocycles. The van der Waals surface area contributed by atoms with Gasteiger partial charge in [-0.05, 0) is 60.6 Å². The molecule has 2 atom stereocenters. The van der Waals surface area contributed by atoms with Crippen molar-refractivity contribution in [3.63, 3.8) is 0 Å². The number of amides is 4. The molecule has 48 heavy (non-hydrogen) atoms. The highest BCUT2D eigenvalue weighted by Gasteiger charge is 2.28. The summed E-state index contributed by atoms with van der Waals surface area (Å²) < 4.78 is 11.8. The summed E-state index contributed by atoms with van der Waals surface area (Å²) in [5, 5.41) is 8.50. The van der Waals surface area contributed by atoms with E-state index in [2.05, 4.69) is 28.1 Å². The lowest BCUT2D eigenvalue weighted by atomic mass is 9.84. The average Bonchev–Trinajstić information content (AvgIpc) is 3.12. The molecule has 0 saturated heterocycles. The molecule has 1 saturated carbocycles. The Balaban J connectivity index is 1.23. The topological polar surface area (TPSA) is 126 Å². The van der Waals surface area contributed by atoms with Crippen molar-refractivity contribution in [3.8, 4) is 11.5 Å². The summed E-state index contributed by atoms with van der Waals surface area (Å²) in [6.07, 6.45) is 6.59. The number of benzene rings is 3. The molecule has 3 N–H and O–H groups in total. The number of nitrogens with one attached hydrogen (secondary N) is 3. The Kier molecular flexibility index (Phi) is 12.5. The fraction of sp³-hybridized carbons (Fsp3) is 0.421. The minimum Gasteiger partial charge on any atom is -0.492 e. The number of para-hydroxylation sites is 1. The quantitative estimate of drug-likeness (QED) is 0.310. The van der Waals surface area contributed by atoms with Crippen LogP contribution in [0.1, 0.15) is 72.3 Å². The van der Waals surface area contributed by atoms with Gasteiger partial charge in [0.1, 0.15) is 36.8 Å². The standard InChI is InChI=1S/C38H46N4O6/c1-42-23-25-48-34-15-9-8-14-31(34)36(44)41-32(20-21-35(43)40-33(38(42)46)26-27-10-4-2-5-11-27)37(45)39-22-24-47-30-18-16-29(17-19-30)28-12-6-3-7-13-28/h2,4-5,8-11,14-19,28,32-33H,3,6-7,12-13,20-26H2,1H3,(H,39,45)(H,40,43)(H,41,44)/t32-,33+/m0/s1. The largest absolute Gasteiger partial charge is 0.492 e. The number of rotatable bonds is 8. The molecule has 4 amide bonds. The minimum atomic E-state index is -1.01. The molecule has 1 aliphatic heterocycles. The fourth-order valence-electron chi connectivity index (χ4n) is 6.28. The van der Waals surface area contributed by atoms with E-state index in [9.17, 15) is 19.2 Å². The zero-order chi connectivity index (χ0) is 33.7. The Morgan fingerprint density at radius 2 is 1.62 bits per heavy atom. The normalized spacial score (nSPS) is 19.9. The van der Waals surface area contributed by atoms with Crippen LogP contribution in [0.15, 0.2) is 78.9 Å². The zero-order valence-electron chi connectivity index (χ0n) is 27.6. The number of ether oxygens (including phenoxy) is 2. The molecule has 3 aromatic carbocycles. The van der Waals surface area contributed by atoms with Crippen LogP contribution < -0.4 is 25.4 Å². The van der Waals surface area contributed by atoms with Crippen LogP contribution >= 0.6 is 0 Å². The monoisotopic (exact) mass is 654 g/mol. The molecule has 5 rings (SSSR count). The van der Waals surface area contributed by atoms with E-state index in [0.29, 0.717) is 18.1 Å². The average molecular weight is 655 g/mol. The van der Waals surface area contributed by atoms with Gasteiger partial charge in [0.05, 0.1) is 18.7 Å². The van der Waals surface area contributed by atoms with Crippen LogP contribution in [0.4, 0.5) is 0 Å². The Morgan fingerprint density at radius 1 is 0.896 bits per heavy atom. The smallest absolute Gasteiger partial charge is 0.255 e. The third-order valence-corrected chi connectivity index (χ3v) is 9.02. The lowest BCUT2D eigenvalue weighted by Gasteiger charge is -2.25. The van der Waals surface area contributed by atoms with Crippen molar-refractivity contribution in [2.45, 2.75) is 69.4 Å². The Hall–Kier alpha value is -4.86. The molecule has 3 aromatic rings. The van der Waals surface area contributed by atoms with Crippen LogP contribution in [-0.2, 0) is 20.8 Å². The van der Waals surface area contributed by atoms with Crippen molar-refractivity contribution in [1.82, 2.24) is 20.9 Å². The molecule has 10 heteroatoms. The molecular weight excluding hydrogens is 608 g/mol. The van der Waals surface area contributed by atoms with Gasteiger partial charge in [-0.15, -0.1) is 0 Å². The Labute approximate surface area is 282 Å². The first-order valence-electron chi connectivity index (χ1n) is 17.0. The lowest BCUT2D eigenvalue weighted by molar-refractivity contribution is -0.135. The lowest BCUT2D eigenvalue weighted by Crippen LogP contribution is -2.50. The summed E-state index contributed by atoms with van der Waals surface area (Å²) in [7, 11) is 1.66. The second kappa shape index (κ2) is 17.3. The van der Waals surface area contributed by atoms with Crippen LogP contribution in [0.2, 0.25) is 0 Å². The minimum absolute atomic E-state index is 0.0258. The molecule has 2 aliphatic rings. The van der Waals surface area contributed by atoms with E-state index >= 15 is 0 Å². The number of likely N-dealkylation sites (N-methyl/N-ethyl adjacent to an activating group) is 1. The second-order valence-electron chi connectivity index (χ2n) is 12.5. The molecular formula is C38H46N4O6. The first-order valence-corrected chi connectivity index (χ1v) is 17.0. The first-order chi connectivity index (χ1) is 23.4. The fourth-order valence-corrected chi connectivity index (χ4v) is 6.28. The summed E-state index contributed by atoms with van der Waals surface area (Å²) in [5.41, 5.74) is 2.50. The van der Waals surface area contributed by atoms with Gasteiger partial charge in [-0.1, -0.05) is 73.9 Å². The SMILES string of the molecule is CN1CCOc2ccccc2C(=O)N[C@H](C(=O)NCCOc2ccc(C3CCCCC3)cc2)CCC(=O)N[C@H](Cc2ccccc2)C1=O. The van der Waals surface area contributed by atoms with Crippen molar-refractivity contribution in [2.75, 3.05) is 33.4 Å². The van der Waals surface area contributed by atoms with Gasteiger partial charge < -0.3 is 30.3 Å². The maximum Gasteiger partial charge on any atom is 0.255 e. The summed E-state index contributed by atoms with van der Waals surface area (Å²) in [6.45, 7) is 0.823. The maximum absolute atomic E-state index is 13.5. The molecule has 10 nitrogen and oxygen atoms in total. The van der Waals surface area contributed by atoms with E-state index in [1.807, 2.05) is 42.5 Å². The number of carbonyl (C=O) groups excluding carboxylic acids is 4. The summed E-state index contributed by atoms with van der Waals surface area (Å²) in [5.74, 6) is 0.0897. The Bertz CT molecular complexity index is 1520. The van der Waals surface area contributed by atoms with E-state index in [0.717, 1.165) is 11.3 Å². The van der Waals surface area contributed by atoms with Crippen molar-refractivity contribution in [3.05, 3.63) is 95.6 Å². The van der Waals surface area contributed by atoms with Crippen LogP contribution in [0.25, 0.3) is 0 Å². The van der Waals surface area contributed by atoms with Gasteiger partial charge in [-0.2, -0.15) is 0 Å². The van der Waals surface area contributed by atoms with Crippen molar-refractivity contribution < 1.29 is 28.7 Å². The highest BCUT2D eigenvalue weighted by Crippen LogP contribution is 2.33. The molecule has 1 aliphatic carbocycles. The van der Waals surface area contributed by atoms with Gasteiger partial charge in [0.2, 0.25) is 17.7 Å². The molecule has 0 spiro atoms. The summed E-state index contributed by atoms with van der Waals surface area (Å²) >= 11 is 0. The molecule has 1 heterocycles. The van der Waals surface area contributed by atoms with Crippen molar-refractivity contribution >= 4 is 23.6 Å². The molecule has 0 radical (unpaired) electrons. The highest BCUT2D eigenvalue weighted by molar-refractivity contribution is 5.99. The maximum atomic E-state index is 13.5. The number of fused-ring (bicyclic) bond motifs is 1. The predicted octanol–water partition coefficient (Wildman–Crippen LogP) is 4.39. The molecule has 254 valence electrons. The van der Waals surface area contributed by atoms with Crippen LogP contribution in [0, 0.1) is 0 Å². The Morgan fingerprint density at radius 3 is 2.40 bits per heavy atom. The molecule has 0 bridgehead atoms. The van der Waals surface area contributed by atoms with Gasteiger partial charge in [0.15, 0.2) is 0 Å². The van der Waals surface area contributed by atoms with E-state index in [4.69, 9.17) is 9.47 Å². The first kappa shape index (κ1) is 34.5. The number of hydrogen-bond acceptors (Lipinski definition) is 6.